The van der Waals surface area contributed by atoms with Crippen molar-refractivity contribution in [2.75, 3.05) is 24.3 Å². The number of para-hydroxylation sites is 1. The molecule has 0 saturated heterocycles. The van der Waals surface area contributed by atoms with Crippen molar-refractivity contribution in [3.63, 3.8) is 0 Å². The third kappa shape index (κ3) is 4.02. The van der Waals surface area contributed by atoms with Crippen LogP contribution in [0, 0.1) is 0 Å². The number of hydrogen-bond acceptors (Lipinski definition) is 2. The van der Waals surface area contributed by atoms with Crippen LogP contribution in [0.5, 0.6) is 0 Å². The summed E-state index contributed by atoms with van der Waals surface area (Å²) >= 11 is 0. The normalized spacial score (nSPS) is 10.8. The Morgan fingerprint density at radius 1 is 0.833 bits per heavy atom. The molecule has 3 heteroatoms. The SMILES string of the molecule is CN(C)c1ccc(-[n+]2ccc(C=CNc3ccccc3)cc2)cc1. The number of hydrogen-bond donors (Lipinski definition) is 1. The van der Waals surface area contributed by atoms with E-state index in [0.717, 1.165) is 16.9 Å². The van der Waals surface area contributed by atoms with E-state index >= 15 is 0 Å². The number of pyridine rings is 1. The van der Waals surface area contributed by atoms with Crippen LogP contribution in [0.1, 0.15) is 5.56 Å². The molecule has 0 aliphatic rings. The third-order valence-corrected chi connectivity index (χ3v) is 3.82. The average molecular weight is 316 g/mol. The number of benzene rings is 2. The first kappa shape index (κ1) is 15.8. The van der Waals surface area contributed by atoms with Crippen molar-refractivity contribution in [3.05, 3.63) is 90.9 Å². The van der Waals surface area contributed by atoms with Gasteiger partial charge in [-0.05, 0) is 35.9 Å². The Morgan fingerprint density at radius 2 is 1.50 bits per heavy atom. The van der Waals surface area contributed by atoms with Gasteiger partial charge in [0.25, 0.3) is 0 Å². The maximum Gasteiger partial charge on any atom is 0.210 e. The van der Waals surface area contributed by atoms with Gasteiger partial charge >= 0.3 is 0 Å². The molecule has 24 heavy (non-hydrogen) atoms. The average Bonchev–Trinajstić information content (AvgIpc) is 2.63. The van der Waals surface area contributed by atoms with Crippen LogP contribution in [0.4, 0.5) is 11.4 Å². The highest BCUT2D eigenvalue weighted by Crippen LogP contribution is 2.12. The summed E-state index contributed by atoms with van der Waals surface area (Å²) in [6.45, 7) is 0. The summed E-state index contributed by atoms with van der Waals surface area (Å²) in [7, 11) is 4.10. The van der Waals surface area contributed by atoms with Crippen LogP contribution in [0.25, 0.3) is 11.8 Å². The van der Waals surface area contributed by atoms with E-state index in [9.17, 15) is 0 Å². The summed E-state index contributed by atoms with van der Waals surface area (Å²) in [6, 6.07) is 22.8. The molecule has 3 rings (SSSR count). The first-order valence-corrected chi connectivity index (χ1v) is 7.99. The predicted octanol–water partition coefficient (Wildman–Crippen LogP) is 4.11. The highest BCUT2D eigenvalue weighted by atomic mass is 15.1. The van der Waals surface area contributed by atoms with Gasteiger partial charge in [-0.25, -0.2) is 0 Å². The van der Waals surface area contributed by atoms with E-state index in [0.29, 0.717) is 0 Å². The van der Waals surface area contributed by atoms with Gasteiger partial charge in [0.15, 0.2) is 12.4 Å². The number of nitrogens with zero attached hydrogens (tertiary/aromatic N) is 2. The van der Waals surface area contributed by atoms with Gasteiger partial charge in [-0.3, -0.25) is 0 Å². The molecule has 0 radical (unpaired) electrons. The molecule has 2 aromatic carbocycles. The highest BCUT2D eigenvalue weighted by Gasteiger charge is 2.05. The molecule has 0 spiro atoms. The Morgan fingerprint density at radius 3 is 2.12 bits per heavy atom. The zero-order valence-corrected chi connectivity index (χ0v) is 14.1. The maximum atomic E-state index is 3.26. The molecule has 120 valence electrons. The van der Waals surface area contributed by atoms with Crippen molar-refractivity contribution in [3.8, 4) is 5.69 Å². The van der Waals surface area contributed by atoms with Crippen LogP contribution >= 0.6 is 0 Å². The molecule has 1 aromatic heterocycles. The summed E-state index contributed by atoms with van der Waals surface area (Å²) < 4.78 is 2.11. The molecule has 0 aliphatic heterocycles. The quantitative estimate of drug-likeness (QED) is 0.714. The summed E-state index contributed by atoms with van der Waals surface area (Å²) in [6.07, 6.45) is 8.17. The number of anilines is 2. The van der Waals surface area contributed by atoms with Gasteiger partial charge < -0.3 is 10.2 Å². The van der Waals surface area contributed by atoms with E-state index in [1.807, 2.05) is 50.6 Å². The summed E-state index contributed by atoms with van der Waals surface area (Å²) in [5.41, 5.74) is 4.59. The molecule has 0 saturated carbocycles. The standard InChI is InChI=1S/C21H21N3/c1-23(2)20-8-10-21(11-9-20)24-16-13-18(14-17-24)12-15-22-19-6-4-3-5-7-19/h3-17H,1-2H3/p+1. The molecule has 0 bridgehead atoms. The molecule has 0 unspecified atom stereocenters. The first-order valence-electron chi connectivity index (χ1n) is 7.99. The molecule has 0 aliphatic carbocycles. The minimum Gasteiger partial charge on any atom is -0.378 e. The van der Waals surface area contributed by atoms with Crippen LogP contribution < -0.4 is 14.8 Å². The van der Waals surface area contributed by atoms with Gasteiger partial charge in [-0.1, -0.05) is 18.2 Å². The van der Waals surface area contributed by atoms with Crippen molar-refractivity contribution >= 4 is 17.5 Å². The number of aromatic nitrogens is 1. The second-order valence-electron chi connectivity index (χ2n) is 5.79. The van der Waals surface area contributed by atoms with E-state index in [-0.39, 0.29) is 0 Å². The summed E-state index contributed by atoms with van der Waals surface area (Å²) in [5, 5.41) is 3.26. The predicted molar refractivity (Wildman–Crippen MR) is 101 cm³/mol. The van der Waals surface area contributed by atoms with E-state index in [1.165, 1.54) is 5.69 Å². The second-order valence-corrected chi connectivity index (χ2v) is 5.79. The van der Waals surface area contributed by atoms with Crippen molar-refractivity contribution in [1.29, 1.82) is 0 Å². The van der Waals surface area contributed by atoms with Crippen LogP contribution in [0.15, 0.2) is 85.3 Å². The van der Waals surface area contributed by atoms with E-state index in [4.69, 9.17) is 0 Å². The minimum absolute atomic E-state index is 1.08. The zero-order valence-electron chi connectivity index (χ0n) is 14.1. The first-order chi connectivity index (χ1) is 11.7. The van der Waals surface area contributed by atoms with Crippen molar-refractivity contribution in [1.82, 2.24) is 0 Å². The van der Waals surface area contributed by atoms with Gasteiger partial charge in [0.05, 0.1) is 0 Å². The number of rotatable bonds is 5. The largest absolute Gasteiger partial charge is 0.378 e. The van der Waals surface area contributed by atoms with Crippen molar-refractivity contribution in [2.45, 2.75) is 0 Å². The fourth-order valence-corrected chi connectivity index (χ4v) is 2.41. The smallest absolute Gasteiger partial charge is 0.210 e. The maximum absolute atomic E-state index is 3.26. The topological polar surface area (TPSA) is 19.1 Å². The van der Waals surface area contributed by atoms with Crippen LogP contribution in [0.3, 0.4) is 0 Å². The lowest BCUT2D eigenvalue weighted by Gasteiger charge is -2.11. The van der Waals surface area contributed by atoms with Gasteiger partial charge in [-0.2, -0.15) is 4.57 Å². The molecular weight excluding hydrogens is 294 g/mol. The zero-order chi connectivity index (χ0) is 16.8. The fraction of sp³-hybridized carbons (Fsp3) is 0.0952. The van der Waals surface area contributed by atoms with Gasteiger partial charge in [0, 0.05) is 55.9 Å². The van der Waals surface area contributed by atoms with E-state index in [1.54, 1.807) is 0 Å². The second kappa shape index (κ2) is 7.47. The Bertz CT molecular complexity index is 789. The van der Waals surface area contributed by atoms with Gasteiger partial charge in [-0.15, -0.1) is 0 Å². The Balaban J connectivity index is 1.66. The van der Waals surface area contributed by atoms with Gasteiger partial charge in [0.1, 0.15) is 0 Å². The lowest BCUT2D eigenvalue weighted by atomic mass is 10.2. The van der Waals surface area contributed by atoms with E-state index in [2.05, 4.69) is 69.7 Å². The van der Waals surface area contributed by atoms with E-state index < -0.39 is 0 Å². The lowest BCUT2D eigenvalue weighted by Crippen LogP contribution is -2.29. The Kier molecular flexibility index (Phi) is 4.92. The fourth-order valence-electron chi connectivity index (χ4n) is 2.41. The summed E-state index contributed by atoms with van der Waals surface area (Å²) in [5.74, 6) is 0. The molecule has 1 heterocycles. The molecule has 3 aromatic rings. The Labute approximate surface area is 143 Å². The molecule has 3 nitrogen and oxygen atoms in total. The molecular formula is C21H22N3+. The summed E-state index contributed by atoms with van der Waals surface area (Å²) in [4.78, 5) is 2.10. The molecule has 0 amide bonds. The minimum atomic E-state index is 1.08. The van der Waals surface area contributed by atoms with Crippen LogP contribution in [-0.4, -0.2) is 14.1 Å². The van der Waals surface area contributed by atoms with Crippen molar-refractivity contribution in [2.24, 2.45) is 0 Å². The number of nitrogens with one attached hydrogen (secondary N) is 1. The third-order valence-electron chi connectivity index (χ3n) is 3.82. The van der Waals surface area contributed by atoms with Gasteiger partial charge in [0.2, 0.25) is 5.69 Å². The monoisotopic (exact) mass is 316 g/mol. The molecule has 0 atom stereocenters. The Hall–Kier alpha value is -3.07. The lowest BCUT2D eigenvalue weighted by molar-refractivity contribution is -0.595. The van der Waals surface area contributed by atoms with Crippen LogP contribution in [0.2, 0.25) is 0 Å². The van der Waals surface area contributed by atoms with Crippen LogP contribution in [-0.2, 0) is 0 Å². The van der Waals surface area contributed by atoms with Crippen molar-refractivity contribution < 1.29 is 4.57 Å². The highest BCUT2D eigenvalue weighted by molar-refractivity contribution is 5.54. The molecule has 1 N–H and O–H groups in total. The molecule has 0 fully saturated rings.